The Bertz CT molecular complexity index is 599. The Morgan fingerprint density at radius 3 is 2.20 bits per heavy atom. The van der Waals surface area contributed by atoms with Gasteiger partial charge in [0.05, 0.1) is 6.20 Å². The number of H-pyrrole nitrogens is 1. The Morgan fingerprint density at radius 1 is 1.20 bits per heavy atom. The maximum absolute atomic E-state index is 12.5. The van der Waals surface area contributed by atoms with Gasteiger partial charge in [0.2, 0.25) is 0 Å². The largest absolute Gasteiger partial charge is 0.332 e. The molecular formula is C14H21N3O2S. The number of nitrogens with zero attached hydrogens (tertiary/aromatic N) is 1. The van der Waals surface area contributed by atoms with Crippen molar-refractivity contribution in [2.45, 2.75) is 56.0 Å². The van der Waals surface area contributed by atoms with E-state index in [0.29, 0.717) is 5.82 Å². The lowest BCUT2D eigenvalue weighted by Gasteiger charge is -2.56. The van der Waals surface area contributed by atoms with Crippen LogP contribution in [0.5, 0.6) is 0 Å². The van der Waals surface area contributed by atoms with Crippen LogP contribution in [0.25, 0.3) is 0 Å². The summed E-state index contributed by atoms with van der Waals surface area (Å²) in [7, 11) is -3.47. The highest BCUT2D eigenvalue weighted by Gasteiger charge is 2.52. The molecule has 0 atom stereocenters. The first-order chi connectivity index (χ1) is 9.44. The molecule has 0 aromatic carbocycles. The first kappa shape index (κ1) is 12.8. The van der Waals surface area contributed by atoms with E-state index in [1.165, 1.54) is 25.5 Å². The number of aryl methyl sites for hydroxylation is 1. The maximum atomic E-state index is 12.5. The highest BCUT2D eigenvalue weighted by Crippen LogP contribution is 2.55. The zero-order valence-corrected chi connectivity index (χ0v) is 12.5. The maximum Gasteiger partial charge on any atom is 0.258 e. The molecule has 110 valence electrons. The number of hydrogen-bond acceptors (Lipinski definition) is 3. The van der Waals surface area contributed by atoms with Crippen molar-refractivity contribution in [1.29, 1.82) is 0 Å². The van der Waals surface area contributed by atoms with E-state index in [2.05, 4.69) is 14.7 Å². The van der Waals surface area contributed by atoms with Gasteiger partial charge in [-0.2, -0.15) is 0 Å². The molecule has 4 fully saturated rings. The topological polar surface area (TPSA) is 74.8 Å². The van der Waals surface area contributed by atoms with Crippen LogP contribution < -0.4 is 4.72 Å². The van der Waals surface area contributed by atoms with Gasteiger partial charge in [-0.3, -0.25) is 0 Å². The molecule has 6 heteroatoms. The second kappa shape index (κ2) is 4.07. The van der Waals surface area contributed by atoms with Crippen molar-refractivity contribution in [3.8, 4) is 0 Å². The minimum atomic E-state index is -3.47. The van der Waals surface area contributed by atoms with Gasteiger partial charge in [-0.15, -0.1) is 0 Å². The van der Waals surface area contributed by atoms with Crippen molar-refractivity contribution in [1.82, 2.24) is 14.7 Å². The molecular weight excluding hydrogens is 274 g/mol. The SMILES string of the molecule is Cc1ncc(S(=O)(=O)NC23CC4CC(CC(C4)C2)C3)[nH]1. The van der Waals surface area contributed by atoms with Gasteiger partial charge >= 0.3 is 0 Å². The first-order valence-electron chi connectivity index (χ1n) is 7.50. The minimum Gasteiger partial charge on any atom is -0.332 e. The van der Waals surface area contributed by atoms with E-state index in [1.54, 1.807) is 6.92 Å². The fourth-order valence-electron chi connectivity index (χ4n) is 5.11. The van der Waals surface area contributed by atoms with Crippen molar-refractivity contribution in [3.05, 3.63) is 12.0 Å². The van der Waals surface area contributed by atoms with Gasteiger partial charge in [0.25, 0.3) is 10.0 Å². The molecule has 5 nitrogen and oxygen atoms in total. The predicted molar refractivity (Wildman–Crippen MR) is 74.5 cm³/mol. The summed E-state index contributed by atoms with van der Waals surface area (Å²) in [6.45, 7) is 1.77. The van der Waals surface area contributed by atoms with Crippen molar-refractivity contribution < 1.29 is 8.42 Å². The number of nitrogens with one attached hydrogen (secondary N) is 2. The second-order valence-corrected chi connectivity index (χ2v) is 8.79. The molecule has 20 heavy (non-hydrogen) atoms. The van der Waals surface area contributed by atoms with Crippen molar-refractivity contribution in [2.75, 3.05) is 0 Å². The molecule has 5 rings (SSSR count). The monoisotopic (exact) mass is 295 g/mol. The van der Waals surface area contributed by atoms with Gasteiger partial charge in [0.1, 0.15) is 5.82 Å². The number of sulfonamides is 1. The zero-order chi connectivity index (χ0) is 14.0. The summed E-state index contributed by atoms with van der Waals surface area (Å²) in [5.41, 5.74) is -0.188. The average molecular weight is 295 g/mol. The summed E-state index contributed by atoms with van der Waals surface area (Å²) in [6.07, 6.45) is 8.40. The van der Waals surface area contributed by atoms with Crippen LogP contribution in [0.3, 0.4) is 0 Å². The zero-order valence-electron chi connectivity index (χ0n) is 11.7. The third-order valence-corrected chi connectivity index (χ3v) is 6.85. The average Bonchev–Trinajstić information content (AvgIpc) is 2.73. The van der Waals surface area contributed by atoms with Crippen LogP contribution in [0.1, 0.15) is 44.3 Å². The van der Waals surface area contributed by atoms with Gasteiger partial charge in [-0.1, -0.05) is 0 Å². The summed E-state index contributed by atoms with van der Waals surface area (Å²) < 4.78 is 28.1. The molecule has 0 radical (unpaired) electrons. The molecule has 4 bridgehead atoms. The summed E-state index contributed by atoms with van der Waals surface area (Å²) in [5.74, 6) is 2.82. The molecule has 4 aliphatic rings. The molecule has 0 aliphatic heterocycles. The van der Waals surface area contributed by atoms with E-state index >= 15 is 0 Å². The van der Waals surface area contributed by atoms with Crippen LogP contribution in [0.15, 0.2) is 11.2 Å². The Kier molecular flexibility index (Phi) is 2.61. The standard InChI is InChI=1S/C14H21N3O2S/c1-9-15-8-13(16-9)20(18,19)17-14-5-10-2-11(6-14)4-12(3-10)7-14/h8,10-12,17H,2-7H2,1H3,(H,15,16). The molecule has 0 unspecified atom stereocenters. The minimum absolute atomic E-state index is 0.188. The van der Waals surface area contributed by atoms with Crippen LogP contribution in [0.2, 0.25) is 0 Å². The number of aromatic nitrogens is 2. The summed E-state index contributed by atoms with van der Waals surface area (Å²) in [6, 6.07) is 0. The van der Waals surface area contributed by atoms with Gasteiger partial charge < -0.3 is 4.98 Å². The van der Waals surface area contributed by atoms with Crippen LogP contribution in [0, 0.1) is 24.7 Å². The molecule has 4 aliphatic carbocycles. The smallest absolute Gasteiger partial charge is 0.258 e. The highest BCUT2D eigenvalue weighted by atomic mass is 32.2. The van der Waals surface area contributed by atoms with E-state index in [-0.39, 0.29) is 10.6 Å². The third kappa shape index (κ3) is 2.00. The third-order valence-electron chi connectivity index (χ3n) is 5.36. The molecule has 1 aromatic rings. The van der Waals surface area contributed by atoms with E-state index < -0.39 is 10.0 Å². The summed E-state index contributed by atoms with van der Waals surface area (Å²) in [5, 5.41) is 0.200. The summed E-state index contributed by atoms with van der Waals surface area (Å²) >= 11 is 0. The van der Waals surface area contributed by atoms with E-state index in [9.17, 15) is 8.42 Å². The van der Waals surface area contributed by atoms with E-state index in [4.69, 9.17) is 0 Å². The van der Waals surface area contributed by atoms with Crippen molar-refractivity contribution >= 4 is 10.0 Å². The number of imidazole rings is 1. The lowest BCUT2D eigenvalue weighted by atomic mass is 9.53. The molecule has 1 heterocycles. The predicted octanol–water partition coefficient (Wildman–Crippen LogP) is 1.97. The van der Waals surface area contributed by atoms with Crippen LogP contribution in [0.4, 0.5) is 0 Å². The molecule has 4 saturated carbocycles. The first-order valence-corrected chi connectivity index (χ1v) is 8.98. The number of hydrogen-bond donors (Lipinski definition) is 2. The van der Waals surface area contributed by atoms with Crippen LogP contribution >= 0.6 is 0 Å². The molecule has 1 aromatic heterocycles. The molecule has 0 spiro atoms. The second-order valence-electron chi connectivity index (χ2n) is 7.14. The Labute approximate surface area is 119 Å². The van der Waals surface area contributed by atoms with Gasteiger partial charge in [0, 0.05) is 5.54 Å². The summed E-state index contributed by atoms with van der Waals surface area (Å²) in [4.78, 5) is 6.84. The highest BCUT2D eigenvalue weighted by molar-refractivity contribution is 7.89. The van der Waals surface area contributed by atoms with E-state index in [0.717, 1.165) is 37.0 Å². The van der Waals surface area contributed by atoms with E-state index in [1.807, 2.05) is 0 Å². The van der Waals surface area contributed by atoms with Crippen LogP contribution in [-0.4, -0.2) is 23.9 Å². The number of rotatable bonds is 3. The Morgan fingerprint density at radius 2 is 1.75 bits per heavy atom. The Balaban J connectivity index is 1.62. The number of aromatic amines is 1. The molecule has 2 N–H and O–H groups in total. The van der Waals surface area contributed by atoms with Crippen molar-refractivity contribution in [3.63, 3.8) is 0 Å². The van der Waals surface area contributed by atoms with Gasteiger partial charge in [-0.05, 0) is 63.2 Å². The lowest BCUT2D eigenvalue weighted by Crippen LogP contribution is -2.59. The Hall–Kier alpha value is -0.880. The van der Waals surface area contributed by atoms with Crippen molar-refractivity contribution in [2.24, 2.45) is 17.8 Å². The quantitative estimate of drug-likeness (QED) is 0.895. The fraction of sp³-hybridized carbons (Fsp3) is 0.786. The van der Waals surface area contributed by atoms with Crippen LogP contribution in [-0.2, 0) is 10.0 Å². The fourth-order valence-corrected chi connectivity index (χ4v) is 6.51. The molecule has 0 saturated heterocycles. The van der Waals surface area contributed by atoms with Gasteiger partial charge in [0.15, 0.2) is 5.03 Å². The molecule has 0 amide bonds. The lowest BCUT2D eigenvalue weighted by molar-refractivity contribution is -0.00813. The normalized spacial score (nSPS) is 39.4. The van der Waals surface area contributed by atoms with Gasteiger partial charge in [-0.25, -0.2) is 18.1 Å².